The van der Waals surface area contributed by atoms with Crippen LogP contribution in [0.5, 0.6) is 5.88 Å². The number of aromatic nitrogens is 1. The molecule has 0 fully saturated rings. The van der Waals surface area contributed by atoms with Crippen LogP contribution >= 0.6 is 0 Å². The fourth-order valence-corrected chi connectivity index (χ4v) is 1.44. The molecule has 0 aliphatic rings. The highest BCUT2D eigenvalue weighted by atomic mass is 19.4. The van der Waals surface area contributed by atoms with E-state index < -0.39 is 12.3 Å². The van der Waals surface area contributed by atoms with Crippen molar-refractivity contribution in [2.24, 2.45) is 0 Å². The molecule has 2 aromatic rings. The van der Waals surface area contributed by atoms with Gasteiger partial charge in [-0.15, -0.1) is 0 Å². The lowest BCUT2D eigenvalue weighted by Gasteiger charge is -2.16. The summed E-state index contributed by atoms with van der Waals surface area (Å²) in [4.78, 5) is 3.99. The van der Waals surface area contributed by atoms with Crippen molar-refractivity contribution in [1.29, 1.82) is 0 Å². The fourth-order valence-electron chi connectivity index (χ4n) is 1.44. The minimum Gasteiger partial charge on any atom is -0.465 e. The molecule has 0 bridgehead atoms. The highest BCUT2D eigenvalue weighted by Gasteiger charge is 2.38. The van der Waals surface area contributed by atoms with Crippen LogP contribution in [-0.4, -0.2) is 17.3 Å². The minimum atomic E-state index is -4.41. The molecule has 2 rings (SSSR count). The van der Waals surface area contributed by atoms with E-state index in [-0.39, 0.29) is 5.88 Å². The van der Waals surface area contributed by atoms with E-state index >= 15 is 0 Å². The fraction of sp³-hybridized carbons (Fsp3) is 0.250. The lowest BCUT2D eigenvalue weighted by Crippen LogP contribution is -2.31. The van der Waals surface area contributed by atoms with Crippen LogP contribution in [0, 0.1) is 0 Å². The van der Waals surface area contributed by atoms with E-state index in [4.69, 9.17) is 10.5 Å². The number of rotatable bonds is 2. The number of fused-ring (bicyclic) bond motifs is 1. The summed E-state index contributed by atoms with van der Waals surface area (Å²) < 4.78 is 41.7. The van der Waals surface area contributed by atoms with Gasteiger partial charge in [0.2, 0.25) is 5.88 Å². The number of nitrogens with two attached hydrogens (primary N) is 1. The zero-order chi connectivity index (χ0) is 13.3. The van der Waals surface area contributed by atoms with Crippen LogP contribution < -0.4 is 10.5 Å². The zero-order valence-electron chi connectivity index (χ0n) is 9.53. The molecule has 6 heteroatoms. The van der Waals surface area contributed by atoms with Gasteiger partial charge in [0.25, 0.3) is 0 Å². The second kappa shape index (κ2) is 4.36. The van der Waals surface area contributed by atoms with Gasteiger partial charge in [-0.25, -0.2) is 4.98 Å². The number of ether oxygens (including phenoxy) is 1. The van der Waals surface area contributed by atoms with Crippen molar-refractivity contribution in [3.63, 3.8) is 0 Å². The normalized spacial score (nSPS) is 13.6. The molecule has 1 heterocycles. The summed E-state index contributed by atoms with van der Waals surface area (Å²) in [6.07, 6.45) is -6.30. The SMILES string of the molecule is CC(Oc1ccc2cc(N)ccc2n1)C(F)(F)F. The molecule has 1 aromatic heterocycles. The molecular weight excluding hydrogens is 245 g/mol. The summed E-state index contributed by atoms with van der Waals surface area (Å²) in [5.41, 5.74) is 6.70. The Kier molecular flexibility index (Phi) is 3.02. The predicted octanol–water partition coefficient (Wildman–Crippen LogP) is 3.15. The van der Waals surface area contributed by atoms with Crippen molar-refractivity contribution < 1.29 is 17.9 Å². The molecule has 0 aliphatic carbocycles. The zero-order valence-corrected chi connectivity index (χ0v) is 9.53. The molecule has 0 spiro atoms. The van der Waals surface area contributed by atoms with E-state index in [9.17, 15) is 13.2 Å². The Bertz CT molecular complexity index is 569. The molecule has 0 aliphatic heterocycles. The first-order valence-corrected chi connectivity index (χ1v) is 5.26. The quantitative estimate of drug-likeness (QED) is 0.840. The lowest BCUT2D eigenvalue weighted by atomic mass is 10.2. The number of pyridine rings is 1. The first-order chi connectivity index (χ1) is 8.36. The second-order valence-electron chi connectivity index (χ2n) is 3.90. The molecule has 1 aromatic carbocycles. The summed E-state index contributed by atoms with van der Waals surface area (Å²) >= 11 is 0. The number of benzene rings is 1. The predicted molar refractivity (Wildman–Crippen MR) is 62.3 cm³/mol. The van der Waals surface area contributed by atoms with Crippen LogP contribution in [-0.2, 0) is 0 Å². The van der Waals surface area contributed by atoms with Gasteiger partial charge in [-0.3, -0.25) is 0 Å². The average Bonchev–Trinajstić information content (AvgIpc) is 2.28. The molecule has 96 valence electrons. The summed E-state index contributed by atoms with van der Waals surface area (Å²) in [5, 5.41) is 0.752. The molecule has 0 saturated carbocycles. The Hall–Kier alpha value is -1.98. The molecule has 18 heavy (non-hydrogen) atoms. The largest absolute Gasteiger partial charge is 0.465 e. The highest BCUT2D eigenvalue weighted by molar-refractivity contribution is 5.82. The Balaban J connectivity index is 2.28. The number of hydrogen-bond acceptors (Lipinski definition) is 3. The topological polar surface area (TPSA) is 48.1 Å². The Morgan fingerprint density at radius 3 is 2.61 bits per heavy atom. The molecule has 3 nitrogen and oxygen atoms in total. The van der Waals surface area contributed by atoms with Crippen LogP contribution in [0.4, 0.5) is 18.9 Å². The van der Waals surface area contributed by atoms with Gasteiger partial charge in [0.15, 0.2) is 6.10 Å². The van der Waals surface area contributed by atoms with Crippen LogP contribution in [0.25, 0.3) is 10.9 Å². The second-order valence-corrected chi connectivity index (χ2v) is 3.90. The number of hydrogen-bond donors (Lipinski definition) is 1. The Morgan fingerprint density at radius 2 is 1.94 bits per heavy atom. The molecule has 1 unspecified atom stereocenters. The standard InChI is InChI=1S/C12H11F3N2O/c1-7(12(13,14)15)18-11-5-2-8-6-9(16)3-4-10(8)17-11/h2-7H,16H2,1H3. The number of nitrogen functional groups attached to an aromatic ring is 1. The van der Waals surface area contributed by atoms with Gasteiger partial charge in [-0.2, -0.15) is 13.2 Å². The van der Waals surface area contributed by atoms with E-state index in [0.29, 0.717) is 11.2 Å². The van der Waals surface area contributed by atoms with E-state index in [1.165, 1.54) is 6.07 Å². The van der Waals surface area contributed by atoms with Gasteiger partial charge in [0.05, 0.1) is 5.52 Å². The van der Waals surface area contributed by atoms with E-state index in [2.05, 4.69) is 4.98 Å². The van der Waals surface area contributed by atoms with Crippen molar-refractivity contribution >= 4 is 16.6 Å². The molecule has 2 N–H and O–H groups in total. The number of nitrogens with zero attached hydrogens (tertiary/aromatic N) is 1. The third kappa shape index (κ3) is 2.64. The van der Waals surface area contributed by atoms with Gasteiger partial charge in [-0.1, -0.05) is 0 Å². The number of alkyl halides is 3. The van der Waals surface area contributed by atoms with Crippen LogP contribution in [0.15, 0.2) is 30.3 Å². The summed E-state index contributed by atoms with van der Waals surface area (Å²) in [5.74, 6) is -0.0582. The van der Waals surface area contributed by atoms with Crippen molar-refractivity contribution in [2.75, 3.05) is 5.73 Å². The van der Waals surface area contributed by atoms with Gasteiger partial charge >= 0.3 is 6.18 Å². The van der Waals surface area contributed by atoms with Crippen LogP contribution in [0.1, 0.15) is 6.92 Å². The summed E-state index contributed by atoms with van der Waals surface area (Å²) in [6.45, 7) is 0.939. The van der Waals surface area contributed by atoms with Gasteiger partial charge < -0.3 is 10.5 Å². The highest BCUT2D eigenvalue weighted by Crippen LogP contribution is 2.25. The molecule has 1 atom stereocenters. The molecular formula is C12H11F3N2O. The first kappa shape index (κ1) is 12.5. The molecule has 0 amide bonds. The maximum absolute atomic E-state index is 12.3. The van der Waals surface area contributed by atoms with E-state index in [0.717, 1.165) is 12.3 Å². The van der Waals surface area contributed by atoms with Gasteiger partial charge in [0.1, 0.15) is 0 Å². The maximum atomic E-state index is 12.3. The monoisotopic (exact) mass is 256 g/mol. The number of halogens is 3. The lowest BCUT2D eigenvalue weighted by molar-refractivity contribution is -0.189. The van der Waals surface area contributed by atoms with E-state index in [1.54, 1.807) is 24.3 Å². The van der Waals surface area contributed by atoms with Gasteiger partial charge in [-0.05, 0) is 31.2 Å². The minimum absolute atomic E-state index is 0.0582. The molecule has 0 radical (unpaired) electrons. The Labute approximate surface area is 101 Å². The average molecular weight is 256 g/mol. The van der Waals surface area contributed by atoms with Crippen molar-refractivity contribution in [3.05, 3.63) is 30.3 Å². The first-order valence-electron chi connectivity index (χ1n) is 5.26. The third-order valence-corrected chi connectivity index (χ3v) is 2.45. The van der Waals surface area contributed by atoms with Crippen molar-refractivity contribution in [3.8, 4) is 5.88 Å². The van der Waals surface area contributed by atoms with Crippen LogP contribution in [0.3, 0.4) is 0 Å². The van der Waals surface area contributed by atoms with Gasteiger partial charge in [0, 0.05) is 17.1 Å². The van der Waals surface area contributed by atoms with Crippen LogP contribution in [0.2, 0.25) is 0 Å². The summed E-state index contributed by atoms with van der Waals surface area (Å²) in [6, 6.07) is 7.97. The summed E-state index contributed by atoms with van der Waals surface area (Å²) in [7, 11) is 0. The maximum Gasteiger partial charge on any atom is 0.425 e. The molecule has 0 saturated heterocycles. The smallest absolute Gasteiger partial charge is 0.425 e. The third-order valence-electron chi connectivity index (χ3n) is 2.45. The van der Waals surface area contributed by atoms with Crippen molar-refractivity contribution in [2.45, 2.75) is 19.2 Å². The van der Waals surface area contributed by atoms with Crippen molar-refractivity contribution in [1.82, 2.24) is 4.98 Å². The van der Waals surface area contributed by atoms with E-state index in [1.807, 2.05) is 0 Å². The Morgan fingerprint density at radius 1 is 1.22 bits per heavy atom. The number of anilines is 1.